The molecule has 2 heterocycles. The first-order valence-corrected chi connectivity index (χ1v) is 4.51. The number of aryl methyl sites for hydroxylation is 1. The lowest BCUT2D eigenvalue weighted by Gasteiger charge is -2.02. The Balaban J connectivity index is 1.81. The molecule has 0 aromatic carbocycles. The predicted molar refractivity (Wildman–Crippen MR) is 52.3 cm³/mol. The summed E-state index contributed by atoms with van der Waals surface area (Å²) < 4.78 is 2.00. The second-order valence-electron chi connectivity index (χ2n) is 3.16. The summed E-state index contributed by atoms with van der Waals surface area (Å²) in [4.78, 5) is 4.21. The summed E-state index contributed by atoms with van der Waals surface area (Å²) >= 11 is 0. The van der Waals surface area contributed by atoms with Crippen LogP contribution < -0.4 is 5.32 Å². The lowest BCUT2D eigenvalue weighted by Crippen LogP contribution is -2.15. The zero-order chi connectivity index (χ0) is 9.80. The van der Waals surface area contributed by atoms with Gasteiger partial charge < -0.3 is 9.88 Å². The number of rotatable bonds is 4. The fraction of sp³-hybridized carbons (Fsp3) is 0.333. The highest BCUT2D eigenvalue weighted by molar-refractivity contribution is 5.02. The van der Waals surface area contributed by atoms with E-state index < -0.39 is 0 Å². The van der Waals surface area contributed by atoms with Crippen LogP contribution in [0.25, 0.3) is 0 Å². The van der Waals surface area contributed by atoms with E-state index in [1.54, 1.807) is 6.20 Å². The maximum Gasteiger partial charge on any atom is 0.122 e. The Hall–Kier alpha value is -1.62. The van der Waals surface area contributed by atoms with Crippen LogP contribution >= 0.6 is 0 Å². The molecule has 0 aliphatic heterocycles. The zero-order valence-corrected chi connectivity index (χ0v) is 8.07. The van der Waals surface area contributed by atoms with E-state index in [9.17, 15) is 0 Å². The number of aromatic amines is 1. The third kappa shape index (κ3) is 2.00. The molecular weight excluding hydrogens is 178 g/mol. The van der Waals surface area contributed by atoms with Crippen molar-refractivity contribution < 1.29 is 0 Å². The minimum Gasteiger partial charge on any atom is -0.337 e. The van der Waals surface area contributed by atoms with Gasteiger partial charge in [0.05, 0.1) is 12.7 Å². The lowest BCUT2D eigenvalue weighted by molar-refractivity contribution is 0.639. The second-order valence-corrected chi connectivity index (χ2v) is 3.16. The van der Waals surface area contributed by atoms with E-state index in [1.807, 2.05) is 30.2 Å². The molecule has 74 valence electrons. The van der Waals surface area contributed by atoms with Gasteiger partial charge in [0.1, 0.15) is 5.82 Å². The van der Waals surface area contributed by atoms with Gasteiger partial charge in [-0.2, -0.15) is 5.10 Å². The third-order valence-electron chi connectivity index (χ3n) is 2.09. The minimum atomic E-state index is 0.773. The molecule has 14 heavy (non-hydrogen) atoms. The summed E-state index contributed by atoms with van der Waals surface area (Å²) in [5.74, 6) is 1.04. The Kier molecular flexibility index (Phi) is 2.60. The van der Waals surface area contributed by atoms with Crippen LogP contribution in [-0.4, -0.2) is 19.7 Å². The van der Waals surface area contributed by atoms with Crippen LogP contribution in [0.5, 0.6) is 0 Å². The second kappa shape index (κ2) is 4.06. The Bertz CT molecular complexity index is 376. The molecule has 0 fully saturated rings. The van der Waals surface area contributed by atoms with Crippen LogP contribution in [0.2, 0.25) is 0 Å². The molecule has 0 spiro atoms. The molecular formula is C9H13N5. The van der Waals surface area contributed by atoms with E-state index in [0.29, 0.717) is 0 Å². The predicted octanol–water partition coefficient (Wildman–Crippen LogP) is 0.433. The van der Waals surface area contributed by atoms with Crippen molar-refractivity contribution in [3.05, 3.63) is 36.2 Å². The Morgan fingerprint density at radius 1 is 1.50 bits per heavy atom. The van der Waals surface area contributed by atoms with Crippen molar-refractivity contribution >= 4 is 0 Å². The first-order valence-electron chi connectivity index (χ1n) is 4.51. The van der Waals surface area contributed by atoms with E-state index >= 15 is 0 Å². The highest BCUT2D eigenvalue weighted by atomic mass is 15.1. The van der Waals surface area contributed by atoms with Gasteiger partial charge in [-0.05, 0) is 0 Å². The number of hydrogen-bond donors (Lipinski definition) is 2. The van der Waals surface area contributed by atoms with Gasteiger partial charge in [-0.1, -0.05) is 0 Å². The molecule has 0 amide bonds. The third-order valence-corrected chi connectivity index (χ3v) is 2.09. The first kappa shape index (κ1) is 8.96. The van der Waals surface area contributed by atoms with Gasteiger partial charge in [-0.25, -0.2) is 4.98 Å². The molecule has 0 saturated heterocycles. The number of H-pyrrole nitrogens is 1. The van der Waals surface area contributed by atoms with Gasteiger partial charge in [0.15, 0.2) is 0 Å². The number of imidazole rings is 1. The van der Waals surface area contributed by atoms with Crippen molar-refractivity contribution in [2.45, 2.75) is 13.1 Å². The van der Waals surface area contributed by atoms with E-state index in [2.05, 4.69) is 20.5 Å². The summed E-state index contributed by atoms with van der Waals surface area (Å²) in [7, 11) is 1.99. The van der Waals surface area contributed by atoms with Crippen LogP contribution in [0.4, 0.5) is 0 Å². The summed E-state index contributed by atoms with van der Waals surface area (Å²) in [5, 5.41) is 9.93. The van der Waals surface area contributed by atoms with Crippen LogP contribution in [0.3, 0.4) is 0 Å². The number of hydrogen-bond acceptors (Lipinski definition) is 3. The monoisotopic (exact) mass is 191 g/mol. The highest BCUT2D eigenvalue weighted by Crippen LogP contribution is 1.96. The number of nitrogens with zero attached hydrogens (tertiary/aromatic N) is 3. The fourth-order valence-corrected chi connectivity index (χ4v) is 1.26. The maximum atomic E-state index is 4.21. The standard InChI is InChI=1S/C9H13N5/c1-14-3-2-11-9(14)7-10-4-8-5-12-13-6-8/h2-3,5-6,10H,4,7H2,1H3,(H,12,13). The molecule has 2 N–H and O–H groups in total. The molecule has 0 saturated carbocycles. The maximum absolute atomic E-state index is 4.21. The molecule has 2 aromatic rings. The summed E-state index contributed by atoms with van der Waals surface area (Å²) in [6.45, 7) is 1.58. The smallest absolute Gasteiger partial charge is 0.122 e. The molecule has 2 aromatic heterocycles. The average molecular weight is 191 g/mol. The molecule has 0 aliphatic rings. The van der Waals surface area contributed by atoms with Crippen LogP contribution in [0, 0.1) is 0 Å². The van der Waals surface area contributed by atoms with E-state index in [1.165, 1.54) is 0 Å². The SMILES string of the molecule is Cn1ccnc1CNCc1cn[nH]c1. The number of aromatic nitrogens is 4. The van der Waals surface area contributed by atoms with Crippen molar-refractivity contribution in [2.24, 2.45) is 7.05 Å². The zero-order valence-electron chi connectivity index (χ0n) is 8.07. The van der Waals surface area contributed by atoms with Crippen molar-refractivity contribution in [3.8, 4) is 0 Å². The summed E-state index contributed by atoms with van der Waals surface area (Å²) in [6.07, 6.45) is 7.43. The molecule has 0 bridgehead atoms. The quantitative estimate of drug-likeness (QED) is 0.737. The van der Waals surface area contributed by atoms with Crippen molar-refractivity contribution in [1.82, 2.24) is 25.1 Å². The van der Waals surface area contributed by atoms with Crippen molar-refractivity contribution in [2.75, 3.05) is 0 Å². The molecule has 0 aliphatic carbocycles. The van der Waals surface area contributed by atoms with Gasteiger partial charge in [0.25, 0.3) is 0 Å². The largest absolute Gasteiger partial charge is 0.337 e. The van der Waals surface area contributed by atoms with E-state index in [4.69, 9.17) is 0 Å². The summed E-state index contributed by atoms with van der Waals surface area (Å²) in [5.41, 5.74) is 1.15. The normalized spacial score (nSPS) is 10.6. The Labute approximate surface area is 82.2 Å². The average Bonchev–Trinajstić information content (AvgIpc) is 2.78. The topological polar surface area (TPSA) is 58.5 Å². The molecule has 5 heteroatoms. The Morgan fingerprint density at radius 2 is 2.43 bits per heavy atom. The van der Waals surface area contributed by atoms with Crippen molar-refractivity contribution in [3.63, 3.8) is 0 Å². The lowest BCUT2D eigenvalue weighted by atomic mass is 10.3. The first-order chi connectivity index (χ1) is 6.86. The summed E-state index contributed by atoms with van der Waals surface area (Å²) in [6, 6.07) is 0. The van der Waals surface area contributed by atoms with Crippen LogP contribution in [0.1, 0.15) is 11.4 Å². The fourth-order valence-electron chi connectivity index (χ4n) is 1.26. The van der Waals surface area contributed by atoms with Crippen LogP contribution in [-0.2, 0) is 20.1 Å². The molecule has 0 radical (unpaired) electrons. The number of nitrogens with one attached hydrogen (secondary N) is 2. The van der Waals surface area contributed by atoms with Gasteiger partial charge in [0.2, 0.25) is 0 Å². The van der Waals surface area contributed by atoms with Crippen LogP contribution in [0.15, 0.2) is 24.8 Å². The highest BCUT2D eigenvalue weighted by Gasteiger charge is 1.98. The molecule has 5 nitrogen and oxygen atoms in total. The van der Waals surface area contributed by atoms with Gasteiger partial charge in [-0.15, -0.1) is 0 Å². The van der Waals surface area contributed by atoms with Gasteiger partial charge >= 0.3 is 0 Å². The molecule has 2 rings (SSSR count). The van der Waals surface area contributed by atoms with Gasteiger partial charge in [0, 0.05) is 37.7 Å². The van der Waals surface area contributed by atoms with E-state index in [0.717, 1.165) is 24.5 Å². The van der Waals surface area contributed by atoms with Gasteiger partial charge in [-0.3, -0.25) is 5.10 Å². The Morgan fingerprint density at radius 3 is 3.07 bits per heavy atom. The molecule has 0 atom stereocenters. The van der Waals surface area contributed by atoms with E-state index in [-0.39, 0.29) is 0 Å². The molecule has 0 unspecified atom stereocenters. The van der Waals surface area contributed by atoms with Crippen molar-refractivity contribution in [1.29, 1.82) is 0 Å². The minimum absolute atomic E-state index is 0.773.